The fourth-order valence-electron chi connectivity index (χ4n) is 3.42. The SMILES string of the molecule is CC(C)CNC(=O)[C@@H](C)N(Cc1ccc(Cl)cc1Cl)C(=O)COc1ccc2ccccc2c1Br. The van der Waals surface area contributed by atoms with Crippen LogP contribution in [0.15, 0.2) is 59.1 Å². The minimum Gasteiger partial charge on any atom is -0.483 e. The van der Waals surface area contributed by atoms with Crippen LogP contribution in [-0.4, -0.2) is 35.9 Å². The predicted octanol–water partition coefficient (Wildman–Crippen LogP) is 6.48. The van der Waals surface area contributed by atoms with Gasteiger partial charge in [0.25, 0.3) is 5.91 Å². The number of nitrogens with one attached hydrogen (secondary N) is 1. The van der Waals surface area contributed by atoms with E-state index in [2.05, 4.69) is 21.2 Å². The molecular weight excluding hydrogens is 539 g/mol. The Morgan fingerprint density at radius 3 is 2.50 bits per heavy atom. The molecule has 0 aliphatic rings. The molecule has 0 fully saturated rings. The van der Waals surface area contributed by atoms with Crippen LogP contribution in [0.1, 0.15) is 26.3 Å². The molecule has 2 amide bonds. The third-order valence-electron chi connectivity index (χ3n) is 5.39. The van der Waals surface area contributed by atoms with E-state index in [1.54, 1.807) is 25.1 Å². The van der Waals surface area contributed by atoms with Gasteiger partial charge in [-0.15, -0.1) is 0 Å². The van der Waals surface area contributed by atoms with Gasteiger partial charge in [0.1, 0.15) is 11.8 Å². The van der Waals surface area contributed by atoms with Crippen molar-refractivity contribution in [1.82, 2.24) is 10.2 Å². The van der Waals surface area contributed by atoms with Crippen LogP contribution >= 0.6 is 39.1 Å². The van der Waals surface area contributed by atoms with E-state index in [1.165, 1.54) is 4.90 Å². The van der Waals surface area contributed by atoms with Crippen LogP contribution in [0, 0.1) is 5.92 Å². The maximum Gasteiger partial charge on any atom is 0.261 e. The smallest absolute Gasteiger partial charge is 0.261 e. The van der Waals surface area contributed by atoms with Gasteiger partial charge in [0, 0.05) is 23.1 Å². The largest absolute Gasteiger partial charge is 0.483 e. The zero-order valence-corrected chi connectivity index (χ0v) is 22.4. The quantitative estimate of drug-likeness (QED) is 0.323. The normalized spacial score (nSPS) is 12.0. The summed E-state index contributed by atoms with van der Waals surface area (Å²) < 4.78 is 6.65. The van der Waals surface area contributed by atoms with Crippen molar-refractivity contribution in [3.8, 4) is 5.75 Å². The number of nitrogens with zero attached hydrogens (tertiary/aromatic N) is 1. The second-order valence-electron chi connectivity index (χ2n) is 8.46. The summed E-state index contributed by atoms with van der Waals surface area (Å²) in [5.41, 5.74) is 0.690. The molecule has 0 aliphatic heterocycles. The predicted molar refractivity (Wildman–Crippen MR) is 141 cm³/mol. The van der Waals surface area contributed by atoms with Gasteiger partial charge in [-0.1, -0.05) is 73.4 Å². The molecule has 0 saturated heterocycles. The molecule has 8 heteroatoms. The first-order valence-electron chi connectivity index (χ1n) is 11.0. The van der Waals surface area contributed by atoms with Gasteiger partial charge in [-0.3, -0.25) is 9.59 Å². The second-order valence-corrected chi connectivity index (χ2v) is 10.1. The van der Waals surface area contributed by atoms with Crippen molar-refractivity contribution in [3.63, 3.8) is 0 Å². The Labute approximate surface area is 218 Å². The molecule has 0 bridgehead atoms. The van der Waals surface area contributed by atoms with E-state index >= 15 is 0 Å². The first-order valence-corrected chi connectivity index (χ1v) is 12.5. The zero-order valence-electron chi connectivity index (χ0n) is 19.3. The lowest BCUT2D eigenvalue weighted by Crippen LogP contribution is -2.49. The number of ether oxygens (including phenoxy) is 1. The van der Waals surface area contributed by atoms with E-state index in [0.717, 1.165) is 15.2 Å². The number of carbonyl (C=O) groups excluding carboxylic acids is 2. The first kappa shape index (κ1) is 26.3. The third-order valence-corrected chi connectivity index (χ3v) is 6.79. The summed E-state index contributed by atoms with van der Waals surface area (Å²) in [5.74, 6) is 0.269. The van der Waals surface area contributed by atoms with Crippen LogP contribution in [0.2, 0.25) is 10.0 Å². The maximum atomic E-state index is 13.3. The van der Waals surface area contributed by atoms with Gasteiger partial charge in [-0.05, 0) is 63.3 Å². The maximum absolute atomic E-state index is 13.3. The highest BCUT2D eigenvalue weighted by Crippen LogP contribution is 2.33. The molecule has 0 radical (unpaired) electrons. The monoisotopic (exact) mass is 564 g/mol. The van der Waals surface area contributed by atoms with Crippen molar-refractivity contribution in [2.24, 2.45) is 5.92 Å². The molecule has 1 atom stereocenters. The van der Waals surface area contributed by atoms with Crippen molar-refractivity contribution in [1.29, 1.82) is 0 Å². The van der Waals surface area contributed by atoms with E-state index in [1.807, 2.05) is 50.2 Å². The van der Waals surface area contributed by atoms with Crippen LogP contribution in [-0.2, 0) is 16.1 Å². The second kappa shape index (κ2) is 11.9. The van der Waals surface area contributed by atoms with E-state index in [-0.39, 0.29) is 25.0 Å². The van der Waals surface area contributed by atoms with Gasteiger partial charge in [0.05, 0.1) is 4.47 Å². The highest BCUT2D eigenvalue weighted by atomic mass is 79.9. The molecular formula is C26H27BrCl2N2O3. The molecule has 0 spiro atoms. The molecule has 3 aromatic carbocycles. The Kier molecular flexibility index (Phi) is 9.23. The molecule has 5 nitrogen and oxygen atoms in total. The lowest BCUT2D eigenvalue weighted by Gasteiger charge is -2.29. The highest BCUT2D eigenvalue weighted by molar-refractivity contribution is 9.10. The standard InChI is InChI=1S/C26H27BrCl2N2O3/c1-16(2)13-30-26(33)17(3)31(14-19-8-10-20(28)12-22(19)29)24(32)15-34-23-11-9-18-6-4-5-7-21(18)25(23)27/h4-12,16-17H,13-15H2,1-3H3,(H,30,33)/t17-/m1/s1. The van der Waals surface area contributed by atoms with E-state index in [9.17, 15) is 9.59 Å². The molecule has 3 aromatic rings. The number of carbonyl (C=O) groups is 2. The molecule has 0 heterocycles. The average molecular weight is 566 g/mol. The number of benzene rings is 3. The van der Waals surface area contributed by atoms with Crippen LogP contribution in [0.3, 0.4) is 0 Å². The lowest BCUT2D eigenvalue weighted by molar-refractivity contribution is -0.142. The molecule has 34 heavy (non-hydrogen) atoms. The number of hydrogen-bond donors (Lipinski definition) is 1. The minimum atomic E-state index is -0.721. The first-order chi connectivity index (χ1) is 16.2. The Morgan fingerprint density at radius 1 is 1.06 bits per heavy atom. The summed E-state index contributed by atoms with van der Waals surface area (Å²) in [5, 5.41) is 5.87. The van der Waals surface area contributed by atoms with Crippen LogP contribution in [0.25, 0.3) is 10.8 Å². The van der Waals surface area contributed by atoms with Crippen LogP contribution < -0.4 is 10.1 Å². The molecule has 0 aliphatic carbocycles. The summed E-state index contributed by atoms with van der Waals surface area (Å²) in [6.45, 7) is 6.15. The van der Waals surface area contributed by atoms with Crippen molar-refractivity contribution < 1.29 is 14.3 Å². The van der Waals surface area contributed by atoms with Gasteiger partial charge in [0.15, 0.2) is 6.61 Å². The zero-order chi connectivity index (χ0) is 24.8. The Morgan fingerprint density at radius 2 is 1.79 bits per heavy atom. The van der Waals surface area contributed by atoms with E-state index in [0.29, 0.717) is 33.8 Å². The van der Waals surface area contributed by atoms with Gasteiger partial charge in [-0.25, -0.2) is 0 Å². The average Bonchev–Trinajstić information content (AvgIpc) is 2.81. The number of amides is 2. The van der Waals surface area contributed by atoms with Crippen molar-refractivity contribution in [2.45, 2.75) is 33.4 Å². The number of fused-ring (bicyclic) bond motifs is 1. The van der Waals surface area contributed by atoms with Crippen molar-refractivity contribution >= 4 is 61.7 Å². The van der Waals surface area contributed by atoms with Crippen molar-refractivity contribution in [2.75, 3.05) is 13.2 Å². The fraction of sp³-hybridized carbons (Fsp3) is 0.308. The van der Waals surface area contributed by atoms with Crippen LogP contribution in [0.4, 0.5) is 0 Å². The van der Waals surface area contributed by atoms with Gasteiger partial charge < -0.3 is 15.0 Å². The topological polar surface area (TPSA) is 58.6 Å². The fourth-order valence-corrected chi connectivity index (χ4v) is 4.49. The molecule has 180 valence electrons. The Balaban J connectivity index is 1.80. The minimum absolute atomic E-state index is 0.146. The summed E-state index contributed by atoms with van der Waals surface area (Å²) >= 11 is 16.0. The molecule has 0 saturated carbocycles. The lowest BCUT2D eigenvalue weighted by atomic mass is 10.1. The summed E-state index contributed by atoms with van der Waals surface area (Å²) in [6.07, 6.45) is 0. The highest BCUT2D eigenvalue weighted by Gasteiger charge is 2.27. The summed E-state index contributed by atoms with van der Waals surface area (Å²) in [6, 6.07) is 16.0. The Hall–Kier alpha value is -2.28. The van der Waals surface area contributed by atoms with E-state index < -0.39 is 6.04 Å². The van der Waals surface area contributed by atoms with Gasteiger partial charge in [0.2, 0.25) is 5.91 Å². The summed E-state index contributed by atoms with van der Waals surface area (Å²) in [7, 11) is 0. The van der Waals surface area contributed by atoms with Gasteiger partial charge in [-0.2, -0.15) is 0 Å². The Bertz CT molecular complexity index is 1190. The van der Waals surface area contributed by atoms with Crippen LogP contribution in [0.5, 0.6) is 5.75 Å². The number of hydrogen-bond acceptors (Lipinski definition) is 3. The molecule has 0 aromatic heterocycles. The van der Waals surface area contributed by atoms with E-state index in [4.69, 9.17) is 27.9 Å². The molecule has 1 N–H and O–H groups in total. The number of halogens is 3. The summed E-state index contributed by atoms with van der Waals surface area (Å²) in [4.78, 5) is 27.6. The number of rotatable bonds is 9. The molecule has 0 unspecified atom stereocenters. The third kappa shape index (κ3) is 6.65. The van der Waals surface area contributed by atoms with Crippen molar-refractivity contribution in [3.05, 3.63) is 74.7 Å². The molecule has 3 rings (SSSR count). The van der Waals surface area contributed by atoms with Gasteiger partial charge >= 0.3 is 0 Å².